The van der Waals surface area contributed by atoms with Gasteiger partial charge in [-0.05, 0) is 5.56 Å². The highest BCUT2D eigenvalue weighted by molar-refractivity contribution is 5.20. The molecule has 0 saturated heterocycles. The number of hydrogen-bond donors (Lipinski definition) is 1. The van der Waals surface area contributed by atoms with Gasteiger partial charge in [-0.3, -0.25) is 14.5 Å². The molecular formula is C14H14F3N5O2. The zero-order valence-electron chi connectivity index (χ0n) is 12.7. The average Bonchev–Trinajstić information content (AvgIpc) is 2.47. The normalized spacial score (nSPS) is 15.3. The average molecular weight is 341 g/mol. The summed E-state index contributed by atoms with van der Waals surface area (Å²) in [6.07, 6.45) is -4.11. The standard InChI is InChI=1S/C14H14F3N5O2/c1-21-13(24)4-8-6-22(3-2-9(8)20-21)7-11-18-10(14(15,16)17)5-12(23)19-11/h4-5H,2-3,6-7H2,1H3,(H,18,19,23). The molecule has 2 aromatic heterocycles. The van der Waals surface area contributed by atoms with Crippen LogP contribution in [0.4, 0.5) is 13.2 Å². The zero-order chi connectivity index (χ0) is 17.5. The second kappa shape index (κ2) is 5.86. The van der Waals surface area contributed by atoms with Crippen LogP contribution in [0, 0.1) is 0 Å². The molecule has 2 aromatic rings. The topological polar surface area (TPSA) is 83.9 Å². The summed E-state index contributed by atoms with van der Waals surface area (Å²) in [4.78, 5) is 30.7. The third-order valence-corrected chi connectivity index (χ3v) is 3.77. The first kappa shape index (κ1) is 16.4. The molecule has 3 rings (SSSR count). The maximum Gasteiger partial charge on any atom is 0.433 e. The lowest BCUT2D eigenvalue weighted by Gasteiger charge is -2.27. The number of aryl methyl sites for hydroxylation is 1. The Balaban J connectivity index is 1.83. The van der Waals surface area contributed by atoms with Gasteiger partial charge < -0.3 is 4.98 Å². The molecule has 0 bridgehead atoms. The monoisotopic (exact) mass is 341 g/mol. The van der Waals surface area contributed by atoms with Gasteiger partial charge in [0.1, 0.15) is 5.82 Å². The van der Waals surface area contributed by atoms with Crippen molar-refractivity contribution in [3.05, 3.63) is 55.6 Å². The van der Waals surface area contributed by atoms with Gasteiger partial charge in [0.2, 0.25) is 0 Å². The molecule has 0 spiro atoms. The molecule has 24 heavy (non-hydrogen) atoms. The van der Waals surface area contributed by atoms with Gasteiger partial charge in [0.15, 0.2) is 5.69 Å². The molecule has 0 amide bonds. The molecule has 3 heterocycles. The van der Waals surface area contributed by atoms with Gasteiger partial charge in [0.25, 0.3) is 11.1 Å². The zero-order valence-corrected chi connectivity index (χ0v) is 12.7. The van der Waals surface area contributed by atoms with Crippen LogP contribution in [-0.4, -0.2) is 31.2 Å². The SMILES string of the molecule is Cn1nc2c(cc1=O)CN(Cc1nc(C(F)(F)F)cc(=O)[nH]1)CC2. The van der Waals surface area contributed by atoms with Gasteiger partial charge >= 0.3 is 6.18 Å². The Morgan fingerprint density at radius 3 is 2.75 bits per heavy atom. The first-order valence-electron chi connectivity index (χ1n) is 7.18. The largest absolute Gasteiger partial charge is 0.433 e. The summed E-state index contributed by atoms with van der Waals surface area (Å²) >= 11 is 0. The van der Waals surface area contributed by atoms with Gasteiger partial charge in [-0.1, -0.05) is 0 Å². The van der Waals surface area contributed by atoms with Crippen molar-refractivity contribution < 1.29 is 13.2 Å². The number of halogens is 3. The highest BCUT2D eigenvalue weighted by atomic mass is 19.4. The van der Waals surface area contributed by atoms with Gasteiger partial charge in [-0.2, -0.15) is 18.3 Å². The molecular weight excluding hydrogens is 327 g/mol. The van der Waals surface area contributed by atoms with E-state index >= 15 is 0 Å². The number of rotatable bonds is 2. The van der Waals surface area contributed by atoms with Crippen molar-refractivity contribution in [1.29, 1.82) is 0 Å². The molecule has 128 valence electrons. The highest BCUT2D eigenvalue weighted by Crippen LogP contribution is 2.26. The minimum atomic E-state index is -4.67. The summed E-state index contributed by atoms with van der Waals surface area (Å²) < 4.78 is 39.4. The van der Waals surface area contributed by atoms with Gasteiger partial charge in [-0.15, -0.1) is 0 Å². The predicted molar refractivity (Wildman–Crippen MR) is 77.2 cm³/mol. The molecule has 1 aliphatic rings. The van der Waals surface area contributed by atoms with E-state index in [0.717, 1.165) is 11.3 Å². The Morgan fingerprint density at radius 2 is 2.04 bits per heavy atom. The maximum absolute atomic E-state index is 12.7. The summed E-state index contributed by atoms with van der Waals surface area (Å²) in [6.45, 7) is 0.949. The molecule has 0 saturated carbocycles. The molecule has 0 aromatic carbocycles. The maximum atomic E-state index is 12.7. The smallest absolute Gasteiger partial charge is 0.309 e. The van der Waals surface area contributed by atoms with E-state index in [1.54, 1.807) is 7.05 Å². The van der Waals surface area contributed by atoms with E-state index in [2.05, 4.69) is 15.1 Å². The Morgan fingerprint density at radius 1 is 1.29 bits per heavy atom. The van der Waals surface area contributed by atoms with Crippen molar-refractivity contribution in [2.45, 2.75) is 25.7 Å². The van der Waals surface area contributed by atoms with E-state index in [-0.39, 0.29) is 17.9 Å². The summed E-state index contributed by atoms with van der Waals surface area (Å²) in [6, 6.07) is 1.90. The van der Waals surface area contributed by atoms with E-state index in [0.29, 0.717) is 25.6 Å². The number of hydrogen-bond acceptors (Lipinski definition) is 5. The van der Waals surface area contributed by atoms with Crippen LogP contribution in [0.3, 0.4) is 0 Å². The van der Waals surface area contributed by atoms with Crippen LogP contribution in [0.15, 0.2) is 21.7 Å². The number of aromatic amines is 1. The fourth-order valence-corrected chi connectivity index (χ4v) is 2.63. The number of aromatic nitrogens is 4. The molecule has 0 aliphatic carbocycles. The second-order valence-electron chi connectivity index (χ2n) is 5.61. The Labute approximate surface area is 133 Å². The van der Waals surface area contributed by atoms with Crippen molar-refractivity contribution in [2.24, 2.45) is 7.05 Å². The predicted octanol–water partition coefficient (Wildman–Crippen LogP) is 0.441. The summed E-state index contributed by atoms with van der Waals surface area (Å²) in [5, 5.41) is 4.17. The third kappa shape index (κ3) is 3.37. The molecule has 10 heteroatoms. The van der Waals surface area contributed by atoms with Gasteiger partial charge in [0, 0.05) is 38.7 Å². The van der Waals surface area contributed by atoms with Crippen LogP contribution in [0.25, 0.3) is 0 Å². The highest BCUT2D eigenvalue weighted by Gasteiger charge is 2.33. The van der Waals surface area contributed by atoms with E-state index in [1.807, 2.05) is 4.90 Å². The van der Waals surface area contributed by atoms with E-state index in [9.17, 15) is 22.8 Å². The van der Waals surface area contributed by atoms with Crippen LogP contribution in [0.5, 0.6) is 0 Å². The van der Waals surface area contributed by atoms with Crippen LogP contribution in [0.2, 0.25) is 0 Å². The van der Waals surface area contributed by atoms with Crippen LogP contribution in [0.1, 0.15) is 22.8 Å². The van der Waals surface area contributed by atoms with Crippen LogP contribution in [-0.2, 0) is 32.7 Å². The van der Waals surface area contributed by atoms with Crippen molar-refractivity contribution in [2.75, 3.05) is 6.54 Å². The number of fused-ring (bicyclic) bond motifs is 1. The lowest BCUT2D eigenvalue weighted by atomic mass is 10.1. The fraction of sp³-hybridized carbons (Fsp3) is 0.429. The van der Waals surface area contributed by atoms with Gasteiger partial charge in [0.05, 0.1) is 12.2 Å². The quantitative estimate of drug-likeness (QED) is 0.857. The summed E-state index contributed by atoms with van der Waals surface area (Å²) in [7, 11) is 1.56. The molecule has 0 fully saturated rings. The van der Waals surface area contributed by atoms with E-state index in [4.69, 9.17) is 0 Å². The molecule has 1 aliphatic heterocycles. The van der Waals surface area contributed by atoms with Gasteiger partial charge in [-0.25, -0.2) is 9.67 Å². The number of nitrogens with one attached hydrogen (secondary N) is 1. The van der Waals surface area contributed by atoms with E-state index in [1.165, 1.54) is 10.7 Å². The van der Waals surface area contributed by atoms with Crippen LogP contribution >= 0.6 is 0 Å². The fourth-order valence-electron chi connectivity index (χ4n) is 2.63. The minimum absolute atomic E-state index is 0.0494. The molecule has 7 nitrogen and oxygen atoms in total. The van der Waals surface area contributed by atoms with Crippen molar-refractivity contribution >= 4 is 0 Å². The number of H-pyrrole nitrogens is 1. The van der Waals surface area contributed by atoms with Crippen LogP contribution < -0.4 is 11.1 Å². The number of alkyl halides is 3. The third-order valence-electron chi connectivity index (χ3n) is 3.77. The lowest BCUT2D eigenvalue weighted by Crippen LogP contribution is -2.35. The summed E-state index contributed by atoms with van der Waals surface area (Å²) in [5.41, 5.74) is -0.784. The van der Waals surface area contributed by atoms with Crippen molar-refractivity contribution in [1.82, 2.24) is 24.6 Å². The number of nitrogens with zero attached hydrogens (tertiary/aromatic N) is 4. The molecule has 0 unspecified atom stereocenters. The minimum Gasteiger partial charge on any atom is -0.309 e. The van der Waals surface area contributed by atoms with Crippen molar-refractivity contribution in [3.63, 3.8) is 0 Å². The Hall–Kier alpha value is -2.49. The van der Waals surface area contributed by atoms with Crippen molar-refractivity contribution in [3.8, 4) is 0 Å². The molecule has 1 N–H and O–H groups in total. The summed E-state index contributed by atoms with van der Waals surface area (Å²) in [5.74, 6) is -0.0601. The molecule has 0 atom stereocenters. The first-order chi connectivity index (χ1) is 11.2. The molecule has 0 radical (unpaired) electrons. The first-order valence-corrected chi connectivity index (χ1v) is 7.18. The second-order valence-corrected chi connectivity index (χ2v) is 5.61. The lowest BCUT2D eigenvalue weighted by molar-refractivity contribution is -0.141. The Kier molecular flexibility index (Phi) is 3.99. The van der Waals surface area contributed by atoms with E-state index < -0.39 is 17.4 Å². The Bertz CT molecular complexity index is 887.